The molecule has 0 saturated carbocycles. The number of rotatable bonds is 1. The summed E-state index contributed by atoms with van der Waals surface area (Å²) in [6, 6.07) is 10.1. The second-order valence-electron chi connectivity index (χ2n) is 4.91. The fraction of sp³-hybridized carbons (Fsp3) is 0.133. The van der Waals surface area contributed by atoms with E-state index in [9.17, 15) is 0 Å². The van der Waals surface area contributed by atoms with Crippen molar-refractivity contribution in [1.82, 2.24) is 24.1 Å². The lowest BCUT2D eigenvalue weighted by Crippen LogP contribution is -1.96. The van der Waals surface area contributed by atoms with E-state index in [1.807, 2.05) is 50.6 Å². The predicted molar refractivity (Wildman–Crippen MR) is 77.4 cm³/mol. The van der Waals surface area contributed by atoms with Crippen LogP contribution >= 0.6 is 0 Å². The molecule has 0 bridgehead atoms. The van der Waals surface area contributed by atoms with E-state index < -0.39 is 0 Å². The van der Waals surface area contributed by atoms with Gasteiger partial charge in [0.25, 0.3) is 0 Å². The summed E-state index contributed by atoms with van der Waals surface area (Å²) in [5, 5.41) is 4.40. The highest BCUT2D eigenvalue weighted by Gasteiger charge is 2.11. The summed E-state index contributed by atoms with van der Waals surface area (Å²) in [7, 11) is 2.02. The minimum atomic E-state index is 0.852. The quantitative estimate of drug-likeness (QED) is 0.530. The Balaban J connectivity index is 1.97. The van der Waals surface area contributed by atoms with Gasteiger partial charge in [0.1, 0.15) is 5.82 Å². The smallest absolute Gasteiger partial charge is 0.155 e. The van der Waals surface area contributed by atoms with Crippen LogP contribution in [0, 0.1) is 6.92 Å². The molecule has 0 amide bonds. The molecule has 98 valence electrons. The van der Waals surface area contributed by atoms with Crippen molar-refractivity contribution in [2.45, 2.75) is 6.92 Å². The van der Waals surface area contributed by atoms with Crippen molar-refractivity contribution < 1.29 is 0 Å². The number of nitrogens with zero attached hydrogens (tertiary/aromatic N) is 5. The van der Waals surface area contributed by atoms with Crippen molar-refractivity contribution in [3.63, 3.8) is 0 Å². The Kier molecular flexibility index (Phi) is 2.18. The van der Waals surface area contributed by atoms with E-state index in [0.717, 1.165) is 33.8 Å². The number of hydrogen-bond acceptors (Lipinski definition) is 3. The molecule has 0 aliphatic carbocycles. The molecule has 0 radical (unpaired) electrons. The largest absolute Gasteiger partial charge is 0.327 e. The van der Waals surface area contributed by atoms with Gasteiger partial charge in [-0.1, -0.05) is 12.1 Å². The SMILES string of the molecule is Cc1cc2ncc(-c3nc4ccccc4n3C)cn2n1. The van der Waals surface area contributed by atoms with Gasteiger partial charge in [-0.05, 0) is 19.1 Å². The average Bonchev–Trinajstić information content (AvgIpc) is 2.98. The highest BCUT2D eigenvalue weighted by molar-refractivity contribution is 5.80. The molecule has 3 aromatic heterocycles. The van der Waals surface area contributed by atoms with Gasteiger partial charge in [-0.15, -0.1) is 0 Å². The number of benzene rings is 1. The molecule has 0 N–H and O–H groups in total. The van der Waals surface area contributed by atoms with Crippen LogP contribution in [0.4, 0.5) is 0 Å². The minimum Gasteiger partial charge on any atom is -0.327 e. The Bertz CT molecular complexity index is 932. The zero-order chi connectivity index (χ0) is 13.7. The summed E-state index contributed by atoms with van der Waals surface area (Å²) >= 11 is 0. The molecule has 20 heavy (non-hydrogen) atoms. The molecule has 0 aliphatic heterocycles. The average molecular weight is 263 g/mol. The van der Waals surface area contributed by atoms with Crippen molar-refractivity contribution in [3.05, 3.63) is 48.4 Å². The first-order valence-electron chi connectivity index (χ1n) is 6.46. The van der Waals surface area contributed by atoms with E-state index in [0.29, 0.717) is 0 Å². The third kappa shape index (κ3) is 1.53. The van der Waals surface area contributed by atoms with Crippen LogP contribution in [0.5, 0.6) is 0 Å². The lowest BCUT2D eigenvalue weighted by atomic mass is 10.3. The lowest BCUT2D eigenvalue weighted by Gasteiger charge is -2.02. The van der Waals surface area contributed by atoms with Gasteiger partial charge in [-0.25, -0.2) is 14.5 Å². The molecular weight excluding hydrogens is 250 g/mol. The maximum Gasteiger partial charge on any atom is 0.155 e. The van der Waals surface area contributed by atoms with Crippen LogP contribution in [0.2, 0.25) is 0 Å². The zero-order valence-corrected chi connectivity index (χ0v) is 11.3. The van der Waals surface area contributed by atoms with E-state index >= 15 is 0 Å². The molecule has 4 aromatic rings. The van der Waals surface area contributed by atoms with E-state index in [1.165, 1.54) is 0 Å². The molecule has 0 unspecified atom stereocenters. The molecule has 1 aromatic carbocycles. The summed E-state index contributed by atoms with van der Waals surface area (Å²) in [6.07, 6.45) is 3.81. The number of fused-ring (bicyclic) bond motifs is 2. The second-order valence-corrected chi connectivity index (χ2v) is 4.91. The van der Waals surface area contributed by atoms with Crippen molar-refractivity contribution >= 4 is 16.7 Å². The van der Waals surface area contributed by atoms with E-state index in [-0.39, 0.29) is 0 Å². The number of para-hydroxylation sites is 2. The maximum absolute atomic E-state index is 4.68. The standard InChI is InChI=1S/C15H13N5/c1-10-7-14-16-8-11(9-20(14)18-10)15-17-12-5-3-4-6-13(12)19(15)2/h3-9H,1-2H3. The van der Waals surface area contributed by atoms with Crippen LogP contribution in [0.15, 0.2) is 42.7 Å². The summed E-state index contributed by atoms with van der Waals surface area (Å²) in [6.45, 7) is 1.96. The Labute approximate surface area is 115 Å². The van der Waals surface area contributed by atoms with Crippen LogP contribution in [0.3, 0.4) is 0 Å². The predicted octanol–water partition coefficient (Wildman–Crippen LogP) is 2.59. The number of hydrogen-bond donors (Lipinski definition) is 0. The van der Waals surface area contributed by atoms with Gasteiger partial charge >= 0.3 is 0 Å². The molecule has 0 atom stereocenters. The molecule has 5 heteroatoms. The Morgan fingerprint density at radius 3 is 2.85 bits per heavy atom. The number of imidazole rings is 1. The molecule has 5 nitrogen and oxygen atoms in total. The Morgan fingerprint density at radius 2 is 2.00 bits per heavy atom. The zero-order valence-electron chi connectivity index (χ0n) is 11.3. The maximum atomic E-state index is 4.68. The van der Waals surface area contributed by atoms with Crippen LogP contribution in [0.1, 0.15) is 5.69 Å². The van der Waals surface area contributed by atoms with Gasteiger partial charge in [-0.2, -0.15) is 5.10 Å². The molecule has 4 rings (SSSR count). The first kappa shape index (κ1) is 11.2. The summed E-state index contributed by atoms with van der Waals surface area (Å²) < 4.78 is 3.87. The van der Waals surface area contributed by atoms with Gasteiger partial charge in [0.15, 0.2) is 5.65 Å². The summed E-state index contributed by atoms with van der Waals surface area (Å²) in [4.78, 5) is 9.11. The highest BCUT2D eigenvalue weighted by Crippen LogP contribution is 2.23. The summed E-state index contributed by atoms with van der Waals surface area (Å²) in [5.41, 5.74) is 4.87. The van der Waals surface area contributed by atoms with E-state index in [4.69, 9.17) is 0 Å². The Hall–Kier alpha value is -2.69. The van der Waals surface area contributed by atoms with Gasteiger partial charge in [0.2, 0.25) is 0 Å². The van der Waals surface area contributed by atoms with E-state index in [2.05, 4.69) is 25.7 Å². The molecule has 3 heterocycles. The van der Waals surface area contributed by atoms with Gasteiger partial charge in [0.05, 0.1) is 22.3 Å². The molecule has 0 spiro atoms. The van der Waals surface area contributed by atoms with Crippen molar-refractivity contribution in [2.75, 3.05) is 0 Å². The van der Waals surface area contributed by atoms with Crippen molar-refractivity contribution in [3.8, 4) is 11.4 Å². The monoisotopic (exact) mass is 263 g/mol. The van der Waals surface area contributed by atoms with Gasteiger partial charge < -0.3 is 4.57 Å². The first-order valence-corrected chi connectivity index (χ1v) is 6.46. The lowest BCUT2D eigenvalue weighted by molar-refractivity contribution is 0.905. The van der Waals surface area contributed by atoms with Crippen molar-refractivity contribution in [2.24, 2.45) is 7.05 Å². The third-order valence-corrected chi connectivity index (χ3v) is 3.48. The molecule has 0 aliphatic rings. The van der Waals surface area contributed by atoms with Crippen LogP contribution < -0.4 is 0 Å². The third-order valence-electron chi connectivity index (χ3n) is 3.48. The minimum absolute atomic E-state index is 0.852. The Morgan fingerprint density at radius 1 is 1.15 bits per heavy atom. The number of aromatic nitrogens is 5. The first-order chi connectivity index (χ1) is 9.72. The normalized spacial score (nSPS) is 11.5. The number of aryl methyl sites for hydroxylation is 2. The van der Waals surface area contributed by atoms with Crippen LogP contribution in [-0.4, -0.2) is 24.1 Å². The van der Waals surface area contributed by atoms with Gasteiger partial charge in [0, 0.05) is 25.5 Å². The molecule has 0 saturated heterocycles. The highest BCUT2D eigenvalue weighted by atomic mass is 15.2. The fourth-order valence-electron chi connectivity index (χ4n) is 2.51. The van der Waals surface area contributed by atoms with Gasteiger partial charge in [-0.3, -0.25) is 0 Å². The summed E-state index contributed by atoms with van der Waals surface area (Å²) in [5.74, 6) is 0.897. The fourth-order valence-corrected chi connectivity index (χ4v) is 2.51. The second kappa shape index (κ2) is 3.90. The van der Waals surface area contributed by atoms with Crippen LogP contribution in [0.25, 0.3) is 28.1 Å². The van der Waals surface area contributed by atoms with E-state index in [1.54, 1.807) is 4.52 Å². The molecular formula is C15H13N5. The topological polar surface area (TPSA) is 48.0 Å². The molecule has 0 fully saturated rings. The van der Waals surface area contributed by atoms with Crippen LogP contribution in [-0.2, 0) is 7.05 Å². The van der Waals surface area contributed by atoms with Crippen molar-refractivity contribution in [1.29, 1.82) is 0 Å².